The molecule has 19 heavy (non-hydrogen) atoms. The molecule has 1 rings (SSSR count). The van der Waals surface area contributed by atoms with Crippen LogP contribution in [0.1, 0.15) is 33.1 Å². The second kappa shape index (κ2) is 8.19. The van der Waals surface area contributed by atoms with Crippen LogP contribution in [0.2, 0.25) is 0 Å². The molecule has 1 atom stereocenters. The SMILES string of the molecule is CCNCCCS(=O)(=O)N1CCCN(C)CC1CC. The Morgan fingerprint density at radius 1 is 1.26 bits per heavy atom. The minimum Gasteiger partial charge on any atom is -0.317 e. The standard InChI is InChI=1S/C13H29N3O2S/c1-4-13-12-15(3)9-7-10-16(13)19(17,18)11-6-8-14-5-2/h13-14H,4-12H2,1-3H3. The summed E-state index contributed by atoms with van der Waals surface area (Å²) in [5.41, 5.74) is 0. The van der Waals surface area contributed by atoms with Crippen LogP contribution in [-0.4, -0.2) is 69.2 Å². The van der Waals surface area contributed by atoms with E-state index in [2.05, 4.69) is 24.2 Å². The van der Waals surface area contributed by atoms with Gasteiger partial charge in [0.05, 0.1) is 5.75 Å². The lowest BCUT2D eigenvalue weighted by molar-refractivity contribution is 0.270. The topological polar surface area (TPSA) is 52.7 Å². The average molecular weight is 291 g/mol. The Hall–Kier alpha value is -0.170. The molecular formula is C13H29N3O2S. The first-order chi connectivity index (χ1) is 9.01. The van der Waals surface area contributed by atoms with Gasteiger partial charge >= 0.3 is 0 Å². The summed E-state index contributed by atoms with van der Waals surface area (Å²) in [6.45, 7) is 8.29. The van der Waals surface area contributed by atoms with Crippen molar-refractivity contribution in [1.82, 2.24) is 14.5 Å². The van der Waals surface area contributed by atoms with Crippen LogP contribution < -0.4 is 5.32 Å². The van der Waals surface area contributed by atoms with E-state index in [1.807, 2.05) is 6.92 Å². The Balaban J connectivity index is 2.62. The molecule has 114 valence electrons. The van der Waals surface area contributed by atoms with Crippen molar-refractivity contribution < 1.29 is 8.42 Å². The molecule has 0 saturated carbocycles. The maximum absolute atomic E-state index is 12.5. The van der Waals surface area contributed by atoms with E-state index in [4.69, 9.17) is 0 Å². The van der Waals surface area contributed by atoms with Crippen LogP contribution in [-0.2, 0) is 10.0 Å². The van der Waals surface area contributed by atoms with Gasteiger partial charge in [-0.3, -0.25) is 0 Å². The fourth-order valence-corrected chi connectivity index (χ4v) is 4.41. The lowest BCUT2D eigenvalue weighted by atomic mass is 10.2. The van der Waals surface area contributed by atoms with E-state index in [9.17, 15) is 8.42 Å². The van der Waals surface area contributed by atoms with Crippen LogP contribution in [0.25, 0.3) is 0 Å². The summed E-state index contributed by atoms with van der Waals surface area (Å²) in [6, 6.07) is 0.136. The molecule has 1 aliphatic heterocycles. The molecule has 1 aliphatic rings. The smallest absolute Gasteiger partial charge is 0.214 e. The zero-order valence-corrected chi connectivity index (χ0v) is 13.4. The summed E-state index contributed by atoms with van der Waals surface area (Å²) in [6.07, 6.45) is 2.51. The van der Waals surface area contributed by atoms with Gasteiger partial charge in [0.2, 0.25) is 10.0 Å². The number of nitrogens with one attached hydrogen (secondary N) is 1. The molecule has 0 spiro atoms. The molecule has 0 aromatic rings. The highest BCUT2D eigenvalue weighted by Crippen LogP contribution is 2.17. The quantitative estimate of drug-likeness (QED) is 0.703. The van der Waals surface area contributed by atoms with Gasteiger partial charge < -0.3 is 10.2 Å². The van der Waals surface area contributed by atoms with Gasteiger partial charge in [-0.25, -0.2) is 8.42 Å². The molecule has 5 nitrogen and oxygen atoms in total. The van der Waals surface area contributed by atoms with Crippen molar-refractivity contribution in [3.63, 3.8) is 0 Å². The minimum absolute atomic E-state index is 0.136. The van der Waals surface area contributed by atoms with Crippen molar-refractivity contribution in [2.45, 2.75) is 39.2 Å². The molecule has 1 N–H and O–H groups in total. The van der Waals surface area contributed by atoms with Crippen LogP contribution in [0.4, 0.5) is 0 Å². The third-order valence-electron chi connectivity index (χ3n) is 3.68. The van der Waals surface area contributed by atoms with Crippen LogP contribution in [0, 0.1) is 0 Å². The van der Waals surface area contributed by atoms with Gasteiger partial charge in [-0.15, -0.1) is 0 Å². The molecule has 0 aromatic heterocycles. The minimum atomic E-state index is -3.11. The molecule has 1 saturated heterocycles. The normalized spacial score (nSPS) is 23.4. The predicted molar refractivity (Wildman–Crippen MR) is 79.8 cm³/mol. The fraction of sp³-hybridized carbons (Fsp3) is 1.00. The Morgan fingerprint density at radius 2 is 2.00 bits per heavy atom. The number of hydrogen-bond donors (Lipinski definition) is 1. The first-order valence-electron chi connectivity index (χ1n) is 7.40. The molecular weight excluding hydrogens is 262 g/mol. The lowest BCUT2D eigenvalue weighted by Crippen LogP contribution is -2.44. The maximum atomic E-state index is 12.5. The Labute approximate surface area is 118 Å². The number of hydrogen-bond acceptors (Lipinski definition) is 4. The molecule has 0 radical (unpaired) electrons. The van der Waals surface area contributed by atoms with Crippen LogP contribution in [0.5, 0.6) is 0 Å². The zero-order chi connectivity index (χ0) is 14.3. The van der Waals surface area contributed by atoms with E-state index in [0.29, 0.717) is 13.0 Å². The van der Waals surface area contributed by atoms with Gasteiger partial charge in [0, 0.05) is 19.1 Å². The third-order valence-corrected chi connectivity index (χ3v) is 5.68. The van der Waals surface area contributed by atoms with Crippen LogP contribution in [0.3, 0.4) is 0 Å². The molecule has 1 fully saturated rings. The van der Waals surface area contributed by atoms with E-state index in [1.165, 1.54) is 0 Å². The van der Waals surface area contributed by atoms with E-state index in [1.54, 1.807) is 4.31 Å². The zero-order valence-electron chi connectivity index (χ0n) is 12.6. The lowest BCUT2D eigenvalue weighted by Gasteiger charge is -2.29. The van der Waals surface area contributed by atoms with Gasteiger partial charge in [0.15, 0.2) is 0 Å². The van der Waals surface area contributed by atoms with Crippen molar-refractivity contribution in [1.29, 1.82) is 0 Å². The molecule has 0 aliphatic carbocycles. The van der Waals surface area contributed by atoms with Crippen molar-refractivity contribution in [3.05, 3.63) is 0 Å². The first-order valence-corrected chi connectivity index (χ1v) is 9.01. The highest BCUT2D eigenvalue weighted by atomic mass is 32.2. The summed E-state index contributed by atoms with van der Waals surface area (Å²) in [5.74, 6) is 0.264. The number of likely N-dealkylation sites (N-methyl/N-ethyl adjacent to an activating group) is 1. The molecule has 0 aromatic carbocycles. The summed E-state index contributed by atoms with van der Waals surface area (Å²) in [4.78, 5) is 2.24. The van der Waals surface area contributed by atoms with E-state index >= 15 is 0 Å². The van der Waals surface area contributed by atoms with Crippen molar-refractivity contribution in [2.75, 3.05) is 45.5 Å². The monoisotopic (exact) mass is 291 g/mol. The molecule has 6 heteroatoms. The number of nitrogens with zero attached hydrogens (tertiary/aromatic N) is 2. The summed E-state index contributed by atoms with van der Waals surface area (Å²) in [5, 5.41) is 3.18. The molecule has 1 unspecified atom stereocenters. The van der Waals surface area contributed by atoms with Gasteiger partial charge in [-0.2, -0.15) is 4.31 Å². The first kappa shape index (κ1) is 16.9. The molecule has 1 heterocycles. The maximum Gasteiger partial charge on any atom is 0.214 e. The summed E-state index contributed by atoms with van der Waals surface area (Å²) in [7, 11) is -1.03. The van der Waals surface area contributed by atoms with Crippen molar-refractivity contribution in [2.24, 2.45) is 0 Å². The van der Waals surface area contributed by atoms with Gasteiger partial charge in [0.25, 0.3) is 0 Å². The number of sulfonamides is 1. The average Bonchev–Trinajstić information content (AvgIpc) is 2.56. The van der Waals surface area contributed by atoms with Gasteiger partial charge in [-0.1, -0.05) is 13.8 Å². The van der Waals surface area contributed by atoms with Crippen molar-refractivity contribution >= 4 is 10.0 Å². The van der Waals surface area contributed by atoms with E-state index in [0.717, 1.165) is 39.0 Å². The summed E-state index contributed by atoms with van der Waals surface area (Å²) >= 11 is 0. The number of rotatable bonds is 7. The predicted octanol–water partition coefficient (Wildman–Crippen LogP) is 0.732. The highest BCUT2D eigenvalue weighted by Gasteiger charge is 2.30. The second-order valence-corrected chi connectivity index (χ2v) is 7.35. The highest BCUT2D eigenvalue weighted by molar-refractivity contribution is 7.89. The Bertz CT molecular complexity index is 346. The van der Waals surface area contributed by atoms with Crippen LogP contribution in [0.15, 0.2) is 0 Å². The van der Waals surface area contributed by atoms with Crippen LogP contribution >= 0.6 is 0 Å². The Kier molecular flexibility index (Phi) is 7.28. The largest absolute Gasteiger partial charge is 0.317 e. The molecule has 0 amide bonds. The van der Waals surface area contributed by atoms with E-state index < -0.39 is 10.0 Å². The third kappa shape index (κ3) is 5.38. The summed E-state index contributed by atoms with van der Waals surface area (Å²) < 4.78 is 26.7. The Morgan fingerprint density at radius 3 is 2.63 bits per heavy atom. The van der Waals surface area contributed by atoms with Gasteiger partial charge in [-0.05, 0) is 45.9 Å². The van der Waals surface area contributed by atoms with E-state index in [-0.39, 0.29) is 11.8 Å². The second-order valence-electron chi connectivity index (χ2n) is 5.31. The van der Waals surface area contributed by atoms with Gasteiger partial charge in [0.1, 0.15) is 0 Å². The van der Waals surface area contributed by atoms with Crippen molar-refractivity contribution in [3.8, 4) is 0 Å². The fourth-order valence-electron chi connectivity index (χ4n) is 2.59. The molecule has 0 bridgehead atoms.